The Morgan fingerprint density at radius 3 is 2.88 bits per heavy atom. The number of rotatable bonds is 2. The van der Waals surface area contributed by atoms with E-state index in [-0.39, 0.29) is 0 Å². The lowest BCUT2D eigenvalue weighted by Gasteiger charge is -2.01. The maximum atomic E-state index is 5.93. The van der Waals surface area contributed by atoms with E-state index < -0.39 is 0 Å². The number of para-hydroxylation sites is 1. The lowest BCUT2D eigenvalue weighted by atomic mass is 10.1. The third-order valence-corrected chi connectivity index (χ3v) is 3.67. The van der Waals surface area contributed by atoms with E-state index in [0.29, 0.717) is 0 Å². The van der Waals surface area contributed by atoms with E-state index in [2.05, 4.69) is 9.97 Å². The van der Waals surface area contributed by atoms with Gasteiger partial charge in [-0.05, 0) is 17.7 Å². The number of fused-ring (bicyclic) bond motifs is 1. The zero-order valence-corrected chi connectivity index (χ0v) is 9.95. The summed E-state index contributed by atoms with van der Waals surface area (Å²) < 4.78 is 1.17. The second-order valence-corrected chi connectivity index (χ2v) is 4.94. The van der Waals surface area contributed by atoms with Gasteiger partial charge in [-0.1, -0.05) is 18.2 Å². The van der Waals surface area contributed by atoms with Gasteiger partial charge in [-0.25, -0.2) is 4.98 Å². The molecule has 0 radical (unpaired) electrons. The molecular formula is C13H11N3S. The summed E-state index contributed by atoms with van der Waals surface area (Å²) in [5.74, 6) is 0. The molecule has 0 saturated heterocycles. The highest BCUT2D eigenvalue weighted by Gasteiger charge is 2.06. The Hall–Kier alpha value is -1.94. The molecule has 0 spiro atoms. The third-order valence-electron chi connectivity index (χ3n) is 2.63. The molecule has 0 aliphatic rings. The molecule has 84 valence electrons. The quantitative estimate of drug-likeness (QED) is 0.702. The molecule has 0 unspecified atom stereocenters. The minimum Gasteiger partial charge on any atom is -0.398 e. The summed E-state index contributed by atoms with van der Waals surface area (Å²) in [4.78, 5) is 8.62. The molecule has 0 aliphatic heterocycles. The van der Waals surface area contributed by atoms with Crippen molar-refractivity contribution in [1.82, 2.24) is 9.97 Å². The zero-order chi connectivity index (χ0) is 11.7. The summed E-state index contributed by atoms with van der Waals surface area (Å²) in [5.41, 5.74) is 8.84. The molecule has 0 bridgehead atoms. The first kappa shape index (κ1) is 10.2. The number of nitrogen functional groups attached to an aromatic ring is 1. The Morgan fingerprint density at radius 2 is 2.06 bits per heavy atom. The normalized spacial score (nSPS) is 10.8. The van der Waals surface area contributed by atoms with Gasteiger partial charge in [0.25, 0.3) is 0 Å². The van der Waals surface area contributed by atoms with Gasteiger partial charge in [0, 0.05) is 18.3 Å². The first-order valence-corrected chi connectivity index (χ1v) is 6.17. The smallest absolute Gasteiger partial charge is 0.0998 e. The topological polar surface area (TPSA) is 51.8 Å². The van der Waals surface area contributed by atoms with E-state index in [1.165, 1.54) is 4.70 Å². The van der Waals surface area contributed by atoms with Crippen molar-refractivity contribution in [2.75, 3.05) is 5.73 Å². The van der Waals surface area contributed by atoms with Crippen LogP contribution in [0.4, 0.5) is 5.69 Å². The highest BCUT2D eigenvalue weighted by molar-refractivity contribution is 7.18. The Kier molecular flexibility index (Phi) is 2.49. The van der Waals surface area contributed by atoms with Crippen molar-refractivity contribution in [3.63, 3.8) is 0 Å². The molecule has 0 fully saturated rings. The van der Waals surface area contributed by atoms with Crippen molar-refractivity contribution in [2.24, 2.45) is 0 Å². The summed E-state index contributed by atoms with van der Waals surface area (Å²) in [6, 6.07) is 9.90. The molecule has 2 heterocycles. The van der Waals surface area contributed by atoms with E-state index in [9.17, 15) is 0 Å². The predicted molar refractivity (Wildman–Crippen MR) is 71.1 cm³/mol. The molecule has 0 atom stereocenters. The number of thiazole rings is 1. The van der Waals surface area contributed by atoms with Crippen molar-refractivity contribution < 1.29 is 0 Å². The minimum atomic E-state index is 0.784. The van der Waals surface area contributed by atoms with Crippen LogP contribution in [-0.4, -0.2) is 9.97 Å². The fourth-order valence-electron chi connectivity index (χ4n) is 1.76. The Balaban J connectivity index is 1.98. The summed E-state index contributed by atoms with van der Waals surface area (Å²) in [6.45, 7) is 0. The number of anilines is 1. The fourth-order valence-corrected chi connectivity index (χ4v) is 2.72. The van der Waals surface area contributed by atoms with E-state index in [1.807, 2.05) is 30.3 Å². The zero-order valence-electron chi connectivity index (χ0n) is 9.13. The van der Waals surface area contributed by atoms with Gasteiger partial charge < -0.3 is 5.73 Å². The molecule has 4 heteroatoms. The first-order chi connectivity index (χ1) is 8.33. The number of pyridine rings is 1. The average Bonchev–Trinajstić information content (AvgIpc) is 2.74. The summed E-state index contributed by atoms with van der Waals surface area (Å²) >= 11 is 1.69. The number of nitrogens with zero attached hydrogens (tertiary/aromatic N) is 2. The van der Waals surface area contributed by atoms with Crippen molar-refractivity contribution in [3.8, 4) is 0 Å². The van der Waals surface area contributed by atoms with Gasteiger partial charge >= 0.3 is 0 Å². The number of benzene rings is 1. The maximum absolute atomic E-state index is 5.93. The molecule has 17 heavy (non-hydrogen) atoms. The molecule has 0 saturated carbocycles. The Labute approximate surface area is 103 Å². The molecule has 3 rings (SSSR count). The van der Waals surface area contributed by atoms with Gasteiger partial charge in [0.05, 0.1) is 21.4 Å². The largest absolute Gasteiger partial charge is 0.398 e. The van der Waals surface area contributed by atoms with E-state index in [0.717, 1.165) is 28.2 Å². The molecule has 3 aromatic rings. The number of hydrogen-bond acceptors (Lipinski definition) is 4. The van der Waals surface area contributed by atoms with Crippen LogP contribution in [-0.2, 0) is 6.42 Å². The lowest BCUT2D eigenvalue weighted by Crippen LogP contribution is -1.94. The molecule has 2 N–H and O–H groups in total. The number of hydrogen-bond donors (Lipinski definition) is 1. The van der Waals surface area contributed by atoms with Crippen LogP contribution in [0, 0.1) is 0 Å². The molecule has 2 aromatic heterocycles. The monoisotopic (exact) mass is 241 g/mol. The first-order valence-electron chi connectivity index (χ1n) is 5.36. The van der Waals surface area contributed by atoms with Gasteiger partial charge in [-0.15, -0.1) is 11.3 Å². The van der Waals surface area contributed by atoms with Crippen LogP contribution in [0.15, 0.2) is 42.7 Å². The van der Waals surface area contributed by atoms with Crippen LogP contribution >= 0.6 is 11.3 Å². The molecule has 3 nitrogen and oxygen atoms in total. The second kappa shape index (κ2) is 4.14. The number of aromatic nitrogens is 2. The van der Waals surface area contributed by atoms with E-state index in [1.54, 1.807) is 23.7 Å². The predicted octanol–water partition coefficient (Wildman–Crippen LogP) is 2.86. The van der Waals surface area contributed by atoms with Crippen LogP contribution in [0.3, 0.4) is 0 Å². The lowest BCUT2D eigenvalue weighted by molar-refractivity contribution is 1.15. The van der Waals surface area contributed by atoms with Gasteiger partial charge in [0.1, 0.15) is 0 Å². The second-order valence-electron chi connectivity index (χ2n) is 3.83. The van der Waals surface area contributed by atoms with Crippen LogP contribution in [0.25, 0.3) is 10.2 Å². The third kappa shape index (κ3) is 1.99. The number of nitrogens with two attached hydrogens (primary N) is 1. The van der Waals surface area contributed by atoms with Crippen molar-refractivity contribution >= 4 is 27.2 Å². The summed E-state index contributed by atoms with van der Waals surface area (Å²) in [7, 11) is 0. The van der Waals surface area contributed by atoms with Gasteiger partial charge in [-0.3, -0.25) is 4.98 Å². The van der Waals surface area contributed by atoms with Gasteiger partial charge in [0.2, 0.25) is 0 Å². The Morgan fingerprint density at radius 1 is 1.18 bits per heavy atom. The summed E-state index contributed by atoms with van der Waals surface area (Å²) in [6.07, 6.45) is 4.37. The van der Waals surface area contributed by atoms with Crippen LogP contribution in [0.2, 0.25) is 0 Å². The average molecular weight is 241 g/mol. The van der Waals surface area contributed by atoms with Crippen LogP contribution < -0.4 is 5.73 Å². The maximum Gasteiger partial charge on any atom is 0.0998 e. The summed E-state index contributed by atoms with van der Waals surface area (Å²) in [5, 5.41) is 1.07. The fraction of sp³-hybridized carbons (Fsp3) is 0.0769. The molecular weight excluding hydrogens is 230 g/mol. The Bertz CT molecular complexity index is 627. The van der Waals surface area contributed by atoms with E-state index >= 15 is 0 Å². The standard InChI is InChI=1S/C13H11N3S/c14-10-4-2-1-3-9(10)7-13-16-11-8-15-6-5-12(11)17-13/h1-6,8H,7,14H2. The van der Waals surface area contributed by atoms with Crippen molar-refractivity contribution in [3.05, 3.63) is 53.3 Å². The molecule has 0 aliphatic carbocycles. The molecule has 0 amide bonds. The van der Waals surface area contributed by atoms with Crippen LogP contribution in [0.1, 0.15) is 10.6 Å². The van der Waals surface area contributed by atoms with Crippen molar-refractivity contribution in [1.29, 1.82) is 0 Å². The minimum absolute atomic E-state index is 0.784. The van der Waals surface area contributed by atoms with E-state index in [4.69, 9.17) is 5.73 Å². The van der Waals surface area contributed by atoms with Gasteiger partial charge in [0.15, 0.2) is 0 Å². The SMILES string of the molecule is Nc1ccccc1Cc1nc2cnccc2s1. The highest BCUT2D eigenvalue weighted by Crippen LogP contribution is 2.24. The van der Waals surface area contributed by atoms with Crippen molar-refractivity contribution in [2.45, 2.75) is 6.42 Å². The van der Waals surface area contributed by atoms with Crippen LogP contribution in [0.5, 0.6) is 0 Å². The molecule has 1 aromatic carbocycles. The highest BCUT2D eigenvalue weighted by atomic mass is 32.1. The van der Waals surface area contributed by atoms with Gasteiger partial charge in [-0.2, -0.15) is 0 Å².